The van der Waals surface area contributed by atoms with E-state index in [-0.39, 0.29) is 40.7 Å². The monoisotopic (exact) mass is 351 g/mol. The van der Waals surface area contributed by atoms with Gasteiger partial charge in [0, 0.05) is 5.92 Å². The number of carbonyl (C=O) groups excluding carboxylic acids is 2. The second kappa shape index (κ2) is 6.75. The Morgan fingerprint density at radius 3 is 2.42 bits per heavy atom. The number of rotatable bonds is 5. The molecule has 1 amide bonds. The lowest BCUT2D eigenvalue weighted by molar-refractivity contribution is -0.138. The summed E-state index contributed by atoms with van der Waals surface area (Å²) in [6.45, 7) is 14.8. The van der Waals surface area contributed by atoms with E-state index in [0.29, 0.717) is 0 Å². The molecule has 1 fully saturated rings. The van der Waals surface area contributed by atoms with E-state index in [1.165, 1.54) is 5.57 Å². The fourth-order valence-corrected chi connectivity index (χ4v) is 4.85. The summed E-state index contributed by atoms with van der Waals surface area (Å²) in [5, 5.41) is 3.19. The lowest BCUT2D eigenvalue weighted by Crippen LogP contribution is -2.64. The molecule has 24 heavy (non-hydrogen) atoms. The molecule has 1 unspecified atom stereocenters. The molecule has 2 aliphatic rings. The number of ketones is 1. The SMILES string of the molecule is CC(=O)C1CC=C([C@H]2NC(=O)[C@@H]2[C@H](C)O[Si](C)(C)C(C)(C)C)CC1. The van der Waals surface area contributed by atoms with Crippen LogP contribution in [0.2, 0.25) is 18.1 Å². The smallest absolute Gasteiger partial charge is 0.228 e. The third kappa shape index (κ3) is 3.83. The summed E-state index contributed by atoms with van der Waals surface area (Å²) < 4.78 is 6.45. The van der Waals surface area contributed by atoms with Crippen LogP contribution in [-0.4, -0.2) is 32.2 Å². The van der Waals surface area contributed by atoms with Crippen molar-refractivity contribution in [2.75, 3.05) is 0 Å². The minimum absolute atomic E-state index is 0.0731. The van der Waals surface area contributed by atoms with Gasteiger partial charge in [-0.25, -0.2) is 0 Å². The minimum atomic E-state index is -1.89. The van der Waals surface area contributed by atoms with Gasteiger partial charge in [0.15, 0.2) is 8.32 Å². The highest BCUT2D eigenvalue weighted by molar-refractivity contribution is 6.74. The highest BCUT2D eigenvalue weighted by Crippen LogP contribution is 2.40. The van der Waals surface area contributed by atoms with Gasteiger partial charge in [0.2, 0.25) is 5.91 Å². The van der Waals surface area contributed by atoms with Crippen molar-refractivity contribution in [3.05, 3.63) is 11.6 Å². The van der Waals surface area contributed by atoms with Crippen LogP contribution in [0.15, 0.2) is 11.6 Å². The Morgan fingerprint density at radius 1 is 1.38 bits per heavy atom. The molecule has 0 spiro atoms. The van der Waals surface area contributed by atoms with Crippen LogP contribution in [0.5, 0.6) is 0 Å². The van der Waals surface area contributed by atoms with Crippen molar-refractivity contribution in [1.29, 1.82) is 0 Å². The first kappa shape index (κ1) is 19.4. The molecule has 0 bridgehead atoms. The van der Waals surface area contributed by atoms with E-state index in [4.69, 9.17) is 4.43 Å². The number of Topliss-reactive ketones (excluding diaryl/α,β-unsaturated/α-hetero) is 1. The van der Waals surface area contributed by atoms with Crippen molar-refractivity contribution < 1.29 is 14.0 Å². The van der Waals surface area contributed by atoms with Gasteiger partial charge in [-0.05, 0) is 51.2 Å². The Morgan fingerprint density at radius 2 is 2.00 bits per heavy atom. The fourth-order valence-electron chi connectivity index (χ4n) is 3.42. The quantitative estimate of drug-likeness (QED) is 0.465. The summed E-state index contributed by atoms with van der Waals surface area (Å²) in [5.74, 6) is 0.429. The molecule has 1 N–H and O–H groups in total. The molecule has 4 atom stereocenters. The third-order valence-electron chi connectivity index (χ3n) is 6.17. The number of allylic oxidation sites excluding steroid dienone is 1. The van der Waals surface area contributed by atoms with Gasteiger partial charge in [0.1, 0.15) is 5.78 Å². The Kier molecular flexibility index (Phi) is 5.45. The Hall–Kier alpha value is -0.943. The number of nitrogens with one attached hydrogen (secondary N) is 1. The lowest BCUT2D eigenvalue weighted by atomic mass is 9.76. The maximum Gasteiger partial charge on any atom is 0.228 e. The maximum absolute atomic E-state index is 12.2. The van der Waals surface area contributed by atoms with Crippen molar-refractivity contribution in [2.45, 2.75) is 84.2 Å². The van der Waals surface area contributed by atoms with Crippen LogP contribution in [0, 0.1) is 11.8 Å². The topological polar surface area (TPSA) is 55.4 Å². The summed E-state index contributed by atoms with van der Waals surface area (Å²) in [7, 11) is -1.89. The molecule has 2 rings (SSSR count). The van der Waals surface area contributed by atoms with Gasteiger partial charge in [0.05, 0.1) is 18.1 Å². The van der Waals surface area contributed by atoms with Crippen molar-refractivity contribution in [3.63, 3.8) is 0 Å². The summed E-state index contributed by atoms with van der Waals surface area (Å²) in [4.78, 5) is 23.7. The van der Waals surface area contributed by atoms with E-state index in [0.717, 1.165) is 19.3 Å². The predicted octanol–water partition coefficient (Wildman–Crippen LogP) is 3.83. The van der Waals surface area contributed by atoms with Crippen molar-refractivity contribution in [3.8, 4) is 0 Å². The Balaban J connectivity index is 2.05. The number of carbonyl (C=O) groups is 2. The second-order valence-electron chi connectivity index (χ2n) is 8.96. The van der Waals surface area contributed by atoms with Crippen LogP contribution in [0.3, 0.4) is 0 Å². The standard InChI is InChI=1S/C19H33NO3Si/c1-12(21)14-8-10-15(11-9-14)17-16(18(22)20-17)13(2)23-24(6,7)19(3,4)5/h10,13-14,16-17H,8-9,11H2,1-7H3,(H,20,22)/t13-,14?,16+,17+/m0/s1. The first-order valence-electron chi connectivity index (χ1n) is 9.11. The van der Waals surface area contributed by atoms with Gasteiger partial charge in [-0.1, -0.05) is 32.4 Å². The first-order chi connectivity index (χ1) is 10.9. The molecule has 0 saturated carbocycles. The van der Waals surface area contributed by atoms with E-state index in [2.05, 4.69) is 45.3 Å². The van der Waals surface area contributed by atoms with Crippen LogP contribution in [0.1, 0.15) is 53.9 Å². The molecule has 0 aromatic heterocycles. The number of amides is 1. The van der Waals surface area contributed by atoms with Crippen LogP contribution in [-0.2, 0) is 14.0 Å². The van der Waals surface area contributed by atoms with Crippen LogP contribution < -0.4 is 5.32 Å². The van der Waals surface area contributed by atoms with Crippen molar-refractivity contribution in [1.82, 2.24) is 5.32 Å². The van der Waals surface area contributed by atoms with Crippen molar-refractivity contribution in [2.24, 2.45) is 11.8 Å². The minimum Gasteiger partial charge on any atom is -0.413 e. The van der Waals surface area contributed by atoms with E-state index in [1.54, 1.807) is 6.92 Å². The third-order valence-corrected chi connectivity index (χ3v) is 10.7. The van der Waals surface area contributed by atoms with E-state index < -0.39 is 8.32 Å². The van der Waals surface area contributed by atoms with E-state index >= 15 is 0 Å². The molecular weight excluding hydrogens is 318 g/mol. The zero-order valence-electron chi connectivity index (χ0n) is 16.2. The summed E-state index contributed by atoms with van der Waals surface area (Å²) in [5.41, 5.74) is 1.28. The predicted molar refractivity (Wildman–Crippen MR) is 99.3 cm³/mol. The average Bonchev–Trinajstić information content (AvgIpc) is 2.42. The molecule has 5 heteroatoms. The highest BCUT2D eigenvalue weighted by atomic mass is 28.4. The first-order valence-corrected chi connectivity index (χ1v) is 12.0. The van der Waals surface area contributed by atoms with Crippen LogP contribution in [0.4, 0.5) is 0 Å². The molecule has 0 aromatic rings. The average molecular weight is 352 g/mol. The lowest BCUT2D eigenvalue weighted by Gasteiger charge is -2.46. The van der Waals surface area contributed by atoms with Gasteiger partial charge in [-0.2, -0.15) is 0 Å². The van der Waals surface area contributed by atoms with E-state index in [9.17, 15) is 9.59 Å². The summed E-state index contributed by atoms with van der Waals surface area (Å²) in [6, 6.07) is 0.0881. The van der Waals surface area contributed by atoms with Crippen LogP contribution >= 0.6 is 0 Å². The Labute approximate surface area is 147 Å². The zero-order valence-corrected chi connectivity index (χ0v) is 17.2. The van der Waals surface area contributed by atoms with Gasteiger partial charge in [-0.15, -0.1) is 0 Å². The summed E-state index contributed by atoms with van der Waals surface area (Å²) >= 11 is 0. The largest absolute Gasteiger partial charge is 0.413 e. The normalized spacial score (nSPS) is 29.4. The van der Waals surface area contributed by atoms with E-state index in [1.807, 2.05) is 6.92 Å². The zero-order chi connectivity index (χ0) is 18.3. The van der Waals surface area contributed by atoms with Gasteiger partial charge in [0.25, 0.3) is 0 Å². The molecule has 1 aliphatic heterocycles. The van der Waals surface area contributed by atoms with Gasteiger partial charge in [-0.3, -0.25) is 9.59 Å². The molecule has 1 aliphatic carbocycles. The molecule has 1 saturated heterocycles. The number of hydrogen-bond donors (Lipinski definition) is 1. The molecule has 4 nitrogen and oxygen atoms in total. The fraction of sp³-hybridized carbons (Fsp3) is 0.789. The molecule has 0 aromatic carbocycles. The number of β-lactam (4-membered cyclic amide) rings is 1. The van der Waals surface area contributed by atoms with Gasteiger partial charge < -0.3 is 9.74 Å². The highest BCUT2D eigenvalue weighted by Gasteiger charge is 2.48. The number of hydrogen-bond acceptors (Lipinski definition) is 3. The second-order valence-corrected chi connectivity index (χ2v) is 13.7. The Bertz CT molecular complexity index is 547. The van der Waals surface area contributed by atoms with Gasteiger partial charge >= 0.3 is 0 Å². The molecular formula is C19H33NO3Si. The van der Waals surface area contributed by atoms with Crippen molar-refractivity contribution >= 4 is 20.0 Å². The molecule has 1 heterocycles. The van der Waals surface area contributed by atoms with Crippen LogP contribution in [0.25, 0.3) is 0 Å². The summed E-state index contributed by atoms with van der Waals surface area (Å²) in [6.07, 6.45) is 4.71. The molecule has 0 radical (unpaired) electrons. The molecule has 136 valence electrons. The maximum atomic E-state index is 12.2.